The SMILES string of the molecule is Fc1ccc(C2(CCCCc3ccc(Cl)cc3)CCOC3(CCOC3)C2)nc1. The van der Waals surface area contributed by atoms with Crippen molar-refractivity contribution in [3.8, 4) is 0 Å². The van der Waals surface area contributed by atoms with Crippen LogP contribution in [-0.2, 0) is 21.3 Å². The lowest BCUT2D eigenvalue weighted by Crippen LogP contribution is -2.48. The Morgan fingerprint density at radius 3 is 2.61 bits per heavy atom. The van der Waals surface area contributed by atoms with Crippen molar-refractivity contribution in [2.75, 3.05) is 19.8 Å². The first kappa shape index (κ1) is 19.8. The quantitative estimate of drug-likeness (QED) is 0.597. The number of pyridine rings is 1. The van der Waals surface area contributed by atoms with Crippen molar-refractivity contribution in [1.82, 2.24) is 4.98 Å². The summed E-state index contributed by atoms with van der Waals surface area (Å²) < 4.78 is 25.3. The van der Waals surface area contributed by atoms with Gasteiger partial charge in [0.1, 0.15) is 5.82 Å². The normalized spacial score (nSPS) is 27.4. The maximum atomic E-state index is 13.5. The van der Waals surface area contributed by atoms with Gasteiger partial charge >= 0.3 is 0 Å². The van der Waals surface area contributed by atoms with E-state index in [-0.39, 0.29) is 16.8 Å². The molecule has 2 saturated heterocycles. The monoisotopic (exact) mass is 403 g/mol. The smallest absolute Gasteiger partial charge is 0.141 e. The van der Waals surface area contributed by atoms with Crippen LogP contribution in [0.2, 0.25) is 5.02 Å². The molecule has 4 rings (SSSR count). The van der Waals surface area contributed by atoms with Gasteiger partial charge in [0.25, 0.3) is 0 Å². The minimum atomic E-state index is -0.285. The van der Waals surface area contributed by atoms with Gasteiger partial charge in [0.15, 0.2) is 0 Å². The fourth-order valence-corrected chi connectivity index (χ4v) is 4.88. The molecule has 2 aliphatic heterocycles. The van der Waals surface area contributed by atoms with Gasteiger partial charge in [-0.1, -0.05) is 30.2 Å². The van der Waals surface area contributed by atoms with E-state index in [9.17, 15) is 4.39 Å². The molecule has 150 valence electrons. The zero-order chi connectivity index (χ0) is 19.5. The van der Waals surface area contributed by atoms with Crippen LogP contribution in [0, 0.1) is 5.82 Å². The molecule has 28 heavy (non-hydrogen) atoms. The molecule has 0 amide bonds. The Labute approximate surface area is 171 Å². The molecule has 3 heterocycles. The summed E-state index contributed by atoms with van der Waals surface area (Å²) in [7, 11) is 0. The summed E-state index contributed by atoms with van der Waals surface area (Å²) in [5.74, 6) is -0.285. The fraction of sp³-hybridized carbons (Fsp3) is 0.522. The molecule has 1 spiro atoms. The zero-order valence-electron chi connectivity index (χ0n) is 16.1. The van der Waals surface area contributed by atoms with Gasteiger partial charge in [-0.3, -0.25) is 4.98 Å². The molecule has 2 aromatic rings. The van der Waals surface area contributed by atoms with Crippen LogP contribution in [0.15, 0.2) is 42.6 Å². The Balaban J connectivity index is 1.47. The molecule has 2 unspecified atom stereocenters. The van der Waals surface area contributed by atoms with Crippen LogP contribution < -0.4 is 0 Å². The van der Waals surface area contributed by atoms with E-state index < -0.39 is 0 Å². The molecule has 0 N–H and O–H groups in total. The summed E-state index contributed by atoms with van der Waals surface area (Å²) in [6.07, 6.45) is 8.37. The molecular weight excluding hydrogens is 377 g/mol. The van der Waals surface area contributed by atoms with Crippen molar-refractivity contribution in [1.29, 1.82) is 0 Å². The highest BCUT2D eigenvalue weighted by Gasteiger charge is 2.49. The molecule has 1 aromatic carbocycles. The summed E-state index contributed by atoms with van der Waals surface area (Å²) in [6, 6.07) is 11.5. The second-order valence-electron chi connectivity index (χ2n) is 8.24. The molecule has 2 atom stereocenters. The van der Waals surface area contributed by atoms with Crippen LogP contribution in [0.4, 0.5) is 4.39 Å². The van der Waals surface area contributed by atoms with Crippen molar-refractivity contribution < 1.29 is 13.9 Å². The van der Waals surface area contributed by atoms with Gasteiger partial charge < -0.3 is 9.47 Å². The summed E-state index contributed by atoms with van der Waals surface area (Å²) in [5, 5.41) is 0.774. The summed E-state index contributed by atoms with van der Waals surface area (Å²) in [6.45, 7) is 2.11. The van der Waals surface area contributed by atoms with Crippen molar-refractivity contribution in [2.45, 2.75) is 56.0 Å². The van der Waals surface area contributed by atoms with E-state index in [1.807, 2.05) is 18.2 Å². The highest BCUT2D eigenvalue weighted by molar-refractivity contribution is 6.30. The Morgan fingerprint density at radius 1 is 1.04 bits per heavy atom. The Bertz CT molecular complexity index is 774. The third-order valence-corrected chi connectivity index (χ3v) is 6.52. The molecule has 3 nitrogen and oxygen atoms in total. The van der Waals surface area contributed by atoms with Gasteiger partial charge in [-0.25, -0.2) is 4.39 Å². The predicted octanol–water partition coefficient (Wildman–Crippen LogP) is 5.49. The number of rotatable bonds is 6. The molecule has 0 radical (unpaired) electrons. The Kier molecular flexibility index (Phi) is 6.00. The number of hydrogen-bond acceptors (Lipinski definition) is 3. The van der Waals surface area contributed by atoms with E-state index in [0.717, 1.165) is 62.3 Å². The van der Waals surface area contributed by atoms with Gasteiger partial charge in [0.2, 0.25) is 0 Å². The summed E-state index contributed by atoms with van der Waals surface area (Å²) in [5.41, 5.74) is 2.03. The molecule has 5 heteroatoms. The van der Waals surface area contributed by atoms with E-state index in [1.165, 1.54) is 17.8 Å². The van der Waals surface area contributed by atoms with Crippen LogP contribution in [0.25, 0.3) is 0 Å². The van der Waals surface area contributed by atoms with Gasteiger partial charge in [0, 0.05) is 35.8 Å². The van der Waals surface area contributed by atoms with Crippen LogP contribution in [0.3, 0.4) is 0 Å². The lowest BCUT2D eigenvalue weighted by Gasteiger charge is -2.45. The minimum absolute atomic E-state index is 0.0698. The highest BCUT2D eigenvalue weighted by Crippen LogP contribution is 2.47. The standard InChI is InChI=1S/C23H27ClFNO2/c24-19-6-4-18(5-7-19)3-1-2-10-22(21-9-8-20(25)15-26-21)11-14-28-23(16-22)12-13-27-17-23/h4-9,15H,1-3,10-14,16-17H2. The fourth-order valence-electron chi connectivity index (χ4n) is 4.75. The first-order valence-corrected chi connectivity index (χ1v) is 10.6. The maximum Gasteiger partial charge on any atom is 0.141 e. The highest BCUT2D eigenvalue weighted by atomic mass is 35.5. The third-order valence-electron chi connectivity index (χ3n) is 6.27. The lowest BCUT2D eigenvalue weighted by molar-refractivity contribution is -0.109. The molecule has 0 saturated carbocycles. The van der Waals surface area contributed by atoms with Gasteiger partial charge in [-0.05, 0) is 61.9 Å². The first-order chi connectivity index (χ1) is 13.6. The number of unbranched alkanes of at least 4 members (excludes halogenated alkanes) is 1. The number of nitrogens with zero attached hydrogens (tertiary/aromatic N) is 1. The first-order valence-electron chi connectivity index (χ1n) is 10.2. The van der Waals surface area contributed by atoms with Crippen LogP contribution in [0.5, 0.6) is 0 Å². The van der Waals surface area contributed by atoms with E-state index in [1.54, 1.807) is 0 Å². The number of ether oxygens (including phenoxy) is 2. The zero-order valence-corrected chi connectivity index (χ0v) is 16.9. The number of benzene rings is 1. The average Bonchev–Trinajstić information content (AvgIpc) is 3.14. The van der Waals surface area contributed by atoms with Crippen LogP contribution >= 0.6 is 11.6 Å². The number of halogens is 2. The second-order valence-corrected chi connectivity index (χ2v) is 8.67. The number of aryl methyl sites for hydroxylation is 1. The van der Waals surface area contributed by atoms with E-state index in [2.05, 4.69) is 17.1 Å². The van der Waals surface area contributed by atoms with Crippen molar-refractivity contribution in [3.63, 3.8) is 0 Å². The van der Waals surface area contributed by atoms with Crippen molar-refractivity contribution in [2.24, 2.45) is 0 Å². The van der Waals surface area contributed by atoms with E-state index >= 15 is 0 Å². The lowest BCUT2D eigenvalue weighted by atomic mass is 9.67. The third kappa shape index (κ3) is 4.40. The maximum absolute atomic E-state index is 13.5. The molecule has 2 fully saturated rings. The van der Waals surface area contributed by atoms with E-state index in [0.29, 0.717) is 13.2 Å². The summed E-state index contributed by atoms with van der Waals surface area (Å²) in [4.78, 5) is 4.49. The Hall–Kier alpha value is -1.49. The van der Waals surface area contributed by atoms with E-state index in [4.69, 9.17) is 21.1 Å². The molecular formula is C23H27ClFNO2. The Morgan fingerprint density at radius 2 is 1.89 bits per heavy atom. The van der Waals surface area contributed by atoms with Crippen molar-refractivity contribution in [3.05, 3.63) is 64.7 Å². The molecule has 0 bridgehead atoms. The second kappa shape index (κ2) is 8.48. The van der Waals surface area contributed by atoms with Crippen LogP contribution in [0.1, 0.15) is 49.8 Å². The summed E-state index contributed by atoms with van der Waals surface area (Å²) >= 11 is 5.98. The van der Waals surface area contributed by atoms with Crippen molar-refractivity contribution >= 4 is 11.6 Å². The van der Waals surface area contributed by atoms with Gasteiger partial charge in [-0.15, -0.1) is 0 Å². The number of hydrogen-bond donors (Lipinski definition) is 0. The number of aromatic nitrogens is 1. The van der Waals surface area contributed by atoms with Gasteiger partial charge in [0.05, 0.1) is 18.4 Å². The minimum Gasteiger partial charge on any atom is -0.378 e. The van der Waals surface area contributed by atoms with Crippen LogP contribution in [-0.4, -0.2) is 30.4 Å². The largest absolute Gasteiger partial charge is 0.378 e. The molecule has 0 aliphatic carbocycles. The molecule has 1 aromatic heterocycles. The van der Waals surface area contributed by atoms with Gasteiger partial charge in [-0.2, -0.15) is 0 Å². The topological polar surface area (TPSA) is 31.4 Å². The average molecular weight is 404 g/mol. The molecule has 2 aliphatic rings. The predicted molar refractivity (Wildman–Crippen MR) is 108 cm³/mol.